The first-order chi connectivity index (χ1) is 10.2. The van der Waals surface area contributed by atoms with Crippen LogP contribution in [-0.4, -0.2) is 28.1 Å². The Bertz CT molecular complexity index is 613. The number of rotatable bonds is 6. The molecule has 0 atom stereocenters. The molecule has 0 unspecified atom stereocenters. The van der Waals surface area contributed by atoms with Crippen molar-refractivity contribution in [3.63, 3.8) is 0 Å². The molecule has 0 aliphatic rings. The van der Waals surface area contributed by atoms with Gasteiger partial charge in [-0.1, -0.05) is 0 Å². The molecular weight excluding hydrogens is 270 g/mol. The van der Waals surface area contributed by atoms with Gasteiger partial charge in [-0.2, -0.15) is 15.2 Å². The SMILES string of the molecule is CCNc1nc(OCC)nc(Oc2ccc(C#N)cc2)n1. The first-order valence-electron chi connectivity index (χ1n) is 6.56. The van der Waals surface area contributed by atoms with E-state index in [0.29, 0.717) is 30.4 Å². The van der Waals surface area contributed by atoms with Gasteiger partial charge in [0.15, 0.2) is 0 Å². The van der Waals surface area contributed by atoms with Crippen LogP contribution in [0.25, 0.3) is 0 Å². The summed E-state index contributed by atoms with van der Waals surface area (Å²) in [7, 11) is 0. The standard InChI is InChI=1S/C14H15N5O2/c1-3-16-12-17-13(20-4-2)19-14(18-12)21-11-7-5-10(9-15)6-8-11/h5-8H,3-4H2,1-2H3,(H,16,17,18,19). The van der Waals surface area contributed by atoms with Gasteiger partial charge in [0.25, 0.3) is 0 Å². The van der Waals surface area contributed by atoms with E-state index >= 15 is 0 Å². The Kier molecular flexibility index (Phi) is 4.88. The zero-order chi connectivity index (χ0) is 15.1. The second-order valence-corrected chi connectivity index (χ2v) is 3.93. The normalized spacial score (nSPS) is 9.76. The molecule has 0 bridgehead atoms. The summed E-state index contributed by atoms with van der Waals surface area (Å²) in [4.78, 5) is 12.3. The highest BCUT2D eigenvalue weighted by Crippen LogP contribution is 2.20. The van der Waals surface area contributed by atoms with Crippen LogP contribution in [-0.2, 0) is 0 Å². The lowest BCUT2D eigenvalue weighted by atomic mass is 10.2. The zero-order valence-electron chi connectivity index (χ0n) is 11.8. The van der Waals surface area contributed by atoms with E-state index in [1.165, 1.54) is 0 Å². The maximum atomic E-state index is 8.76. The van der Waals surface area contributed by atoms with Gasteiger partial charge in [-0.25, -0.2) is 0 Å². The molecule has 7 heteroatoms. The fourth-order valence-corrected chi connectivity index (χ4v) is 1.52. The third-order valence-electron chi connectivity index (χ3n) is 2.40. The molecule has 0 radical (unpaired) electrons. The Morgan fingerprint density at radius 3 is 2.43 bits per heavy atom. The summed E-state index contributed by atoms with van der Waals surface area (Å²) in [6.45, 7) is 4.90. The predicted octanol–water partition coefficient (Wildman–Crippen LogP) is 2.37. The van der Waals surface area contributed by atoms with Crippen molar-refractivity contribution in [1.82, 2.24) is 15.0 Å². The quantitative estimate of drug-likeness (QED) is 0.870. The van der Waals surface area contributed by atoms with Crippen LogP contribution in [0.1, 0.15) is 19.4 Å². The van der Waals surface area contributed by atoms with Gasteiger partial charge in [0, 0.05) is 6.54 Å². The molecular formula is C14H15N5O2. The summed E-state index contributed by atoms with van der Waals surface area (Å²) in [6.07, 6.45) is 0. The molecule has 2 rings (SSSR count). The van der Waals surface area contributed by atoms with E-state index in [4.69, 9.17) is 14.7 Å². The molecule has 0 saturated heterocycles. The van der Waals surface area contributed by atoms with Crippen molar-refractivity contribution < 1.29 is 9.47 Å². The number of nitriles is 1. The summed E-state index contributed by atoms with van der Waals surface area (Å²) >= 11 is 0. The topological polar surface area (TPSA) is 93.0 Å². The van der Waals surface area contributed by atoms with E-state index < -0.39 is 0 Å². The predicted molar refractivity (Wildman–Crippen MR) is 76.4 cm³/mol. The minimum absolute atomic E-state index is 0.133. The Morgan fingerprint density at radius 1 is 1.10 bits per heavy atom. The van der Waals surface area contributed by atoms with Crippen LogP contribution in [0, 0.1) is 11.3 Å². The number of aromatic nitrogens is 3. The average Bonchev–Trinajstić information content (AvgIpc) is 2.48. The summed E-state index contributed by atoms with van der Waals surface area (Å²) in [6, 6.07) is 9.05. The number of ether oxygens (including phenoxy) is 2. The summed E-state index contributed by atoms with van der Waals surface area (Å²) < 4.78 is 10.8. The second kappa shape index (κ2) is 7.05. The summed E-state index contributed by atoms with van der Waals surface area (Å²) in [5.74, 6) is 0.921. The van der Waals surface area contributed by atoms with Gasteiger partial charge in [0.1, 0.15) is 5.75 Å². The van der Waals surface area contributed by atoms with Crippen LogP contribution in [0.5, 0.6) is 17.8 Å². The Labute approximate surface area is 122 Å². The van der Waals surface area contributed by atoms with Crippen molar-refractivity contribution in [1.29, 1.82) is 5.26 Å². The van der Waals surface area contributed by atoms with Crippen LogP contribution in [0.3, 0.4) is 0 Å². The number of nitrogens with one attached hydrogen (secondary N) is 1. The van der Waals surface area contributed by atoms with Crippen molar-refractivity contribution in [3.8, 4) is 23.8 Å². The first-order valence-corrected chi connectivity index (χ1v) is 6.56. The fraction of sp³-hybridized carbons (Fsp3) is 0.286. The molecule has 1 aromatic carbocycles. The molecule has 2 aromatic rings. The fourth-order valence-electron chi connectivity index (χ4n) is 1.52. The van der Waals surface area contributed by atoms with Gasteiger partial charge >= 0.3 is 12.0 Å². The van der Waals surface area contributed by atoms with Gasteiger partial charge in [0.05, 0.1) is 18.2 Å². The van der Waals surface area contributed by atoms with Crippen LogP contribution >= 0.6 is 0 Å². The highest BCUT2D eigenvalue weighted by atomic mass is 16.5. The van der Waals surface area contributed by atoms with Crippen LogP contribution in [0.4, 0.5) is 5.95 Å². The van der Waals surface area contributed by atoms with E-state index in [9.17, 15) is 0 Å². The number of nitrogens with zero attached hydrogens (tertiary/aromatic N) is 4. The number of hydrogen-bond donors (Lipinski definition) is 1. The van der Waals surface area contributed by atoms with Crippen molar-refractivity contribution in [2.75, 3.05) is 18.5 Å². The zero-order valence-corrected chi connectivity index (χ0v) is 11.8. The van der Waals surface area contributed by atoms with Crippen molar-refractivity contribution in [3.05, 3.63) is 29.8 Å². The molecule has 0 aliphatic heterocycles. The third kappa shape index (κ3) is 4.04. The largest absolute Gasteiger partial charge is 0.464 e. The van der Waals surface area contributed by atoms with Crippen LogP contribution in [0.2, 0.25) is 0 Å². The van der Waals surface area contributed by atoms with E-state index in [1.807, 2.05) is 19.9 Å². The highest BCUT2D eigenvalue weighted by Gasteiger charge is 2.09. The smallest absolute Gasteiger partial charge is 0.330 e. The Balaban J connectivity index is 2.22. The Hall–Kier alpha value is -2.88. The Morgan fingerprint density at radius 2 is 1.81 bits per heavy atom. The number of hydrogen-bond acceptors (Lipinski definition) is 7. The monoisotopic (exact) mass is 285 g/mol. The van der Waals surface area contributed by atoms with E-state index in [-0.39, 0.29) is 12.0 Å². The molecule has 1 heterocycles. The van der Waals surface area contributed by atoms with Crippen LogP contribution in [0.15, 0.2) is 24.3 Å². The van der Waals surface area contributed by atoms with E-state index in [1.54, 1.807) is 24.3 Å². The second-order valence-electron chi connectivity index (χ2n) is 3.93. The van der Waals surface area contributed by atoms with Crippen LogP contribution < -0.4 is 14.8 Å². The van der Waals surface area contributed by atoms with Crippen molar-refractivity contribution in [2.24, 2.45) is 0 Å². The molecule has 0 fully saturated rings. The minimum atomic E-state index is 0.133. The molecule has 108 valence electrons. The van der Waals surface area contributed by atoms with Gasteiger partial charge in [-0.3, -0.25) is 0 Å². The number of benzene rings is 1. The highest BCUT2D eigenvalue weighted by molar-refractivity contribution is 5.36. The molecule has 0 saturated carbocycles. The molecule has 0 aliphatic carbocycles. The van der Waals surface area contributed by atoms with Gasteiger partial charge in [-0.05, 0) is 38.1 Å². The van der Waals surface area contributed by atoms with Gasteiger partial charge in [-0.15, -0.1) is 4.98 Å². The third-order valence-corrected chi connectivity index (χ3v) is 2.40. The van der Waals surface area contributed by atoms with Gasteiger partial charge in [0.2, 0.25) is 5.95 Å². The first kappa shape index (κ1) is 14.5. The summed E-state index contributed by atoms with van der Waals surface area (Å²) in [5, 5.41) is 11.7. The maximum Gasteiger partial charge on any atom is 0.330 e. The molecule has 21 heavy (non-hydrogen) atoms. The molecule has 0 spiro atoms. The molecule has 7 nitrogen and oxygen atoms in total. The lowest BCUT2D eigenvalue weighted by Crippen LogP contribution is -2.07. The minimum Gasteiger partial charge on any atom is -0.464 e. The number of anilines is 1. The lowest BCUT2D eigenvalue weighted by molar-refractivity contribution is 0.304. The van der Waals surface area contributed by atoms with E-state index in [2.05, 4.69) is 20.3 Å². The lowest BCUT2D eigenvalue weighted by Gasteiger charge is -2.08. The molecule has 1 aromatic heterocycles. The van der Waals surface area contributed by atoms with Crippen molar-refractivity contribution in [2.45, 2.75) is 13.8 Å². The summed E-state index contributed by atoms with van der Waals surface area (Å²) in [5.41, 5.74) is 0.557. The average molecular weight is 285 g/mol. The maximum absolute atomic E-state index is 8.76. The molecule has 1 N–H and O–H groups in total. The van der Waals surface area contributed by atoms with Crippen molar-refractivity contribution >= 4 is 5.95 Å². The van der Waals surface area contributed by atoms with Gasteiger partial charge < -0.3 is 14.8 Å². The van der Waals surface area contributed by atoms with E-state index in [0.717, 1.165) is 0 Å². The molecule has 0 amide bonds.